The zero-order valence-corrected chi connectivity index (χ0v) is 14.2. The molecule has 0 aliphatic heterocycles. The maximum absolute atomic E-state index is 13.1. The van der Waals surface area contributed by atoms with Gasteiger partial charge < -0.3 is 4.52 Å². The molecule has 0 spiro atoms. The van der Waals surface area contributed by atoms with E-state index in [-0.39, 0.29) is 5.78 Å². The summed E-state index contributed by atoms with van der Waals surface area (Å²) in [6.45, 7) is 7.88. The molecule has 0 unspecified atom stereocenters. The van der Waals surface area contributed by atoms with Crippen LogP contribution in [0.2, 0.25) is 0 Å². The average Bonchev–Trinajstić information content (AvgIpc) is 2.46. The molecule has 0 bridgehead atoms. The third-order valence-corrected chi connectivity index (χ3v) is 4.03. The molecule has 0 saturated carbocycles. The van der Waals surface area contributed by atoms with Gasteiger partial charge in [-0.05, 0) is 49.9 Å². The lowest BCUT2D eigenvalue weighted by Gasteiger charge is -2.15. The van der Waals surface area contributed by atoms with Crippen molar-refractivity contribution in [3.63, 3.8) is 0 Å². The van der Waals surface area contributed by atoms with Crippen LogP contribution in [0, 0.1) is 20.8 Å². The summed E-state index contributed by atoms with van der Waals surface area (Å²) in [5, 5.41) is 0. The Morgan fingerprint density at radius 3 is 2.27 bits per heavy atom. The van der Waals surface area contributed by atoms with Gasteiger partial charge in [0.2, 0.25) is 0 Å². The lowest BCUT2D eigenvalue weighted by atomic mass is 9.90. The quantitative estimate of drug-likeness (QED) is 0.577. The minimum atomic E-state index is -0.460. The Bertz CT molecular complexity index is 712. The monoisotopic (exact) mass is 314 g/mol. The predicted molar refractivity (Wildman–Crippen MR) is 88.1 cm³/mol. The van der Waals surface area contributed by atoms with Crippen LogP contribution < -0.4 is 4.52 Å². The molecule has 3 nitrogen and oxygen atoms in total. The highest BCUT2D eigenvalue weighted by molar-refractivity contribution is 7.17. The summed E-state index contributed by atoms with van der Waals surface area (Å²) in [6.07, 6.45) is 0.706. The molecule has 2 aromatic rings. The van der Waals surface area contributed by atoms with Crippen LogP contribution in [0.3, 0.4) is 0 Å². The number of carbonyl (C=O) groups excluding carboxylic acids is 1. The molecule has 2 aromatic carbocycles. The van der Waals surface area contributed by atoms with Crippen molar-refractivity contribution in [3.8, 4) is 5.75 Å². The Kier molecular flexibility index (Phi) is 5.10. The highest BCUT2D eigenvalue weighted by Crippen LogP contribution is 2.30. The molecule has 0 fully saturated rings. The number of benzene rings is 2. The first-order valence-corrected chi connectivity index (χ1v) is 7.96. The lowest BCUT2D eigenvalue weighted by molar-refractivity contribution is 0.103. The van der Waals surface area contributed by atoms with Gasteiger partial charge in [0.05, 0.1) is 5.56 Å². The van der Waals surface area contributed by atoms with E-state index in [4.69, 9.17) is 4.52 Å². The van der Waals surface area contributed by atoms with Crippen molar-refractivity contribution in [2.45, 2.75) is 34.1 Å². The zero-order chi connectivity index (χ0) is 16.3. The predicted octanol–water partition coefficient (Wildman–Crippen LogP) is 4.99. The van der Waals surface area contributed by atoms with E-state index >= 15 is 0 Å². The van der Waals surface area contributed by atoms with E-state index in [1.807, 2.05) is 52.0 Å². The van der Waals surface area contributed by atoms with E-state index in [0.29, 0.717) is 23.3 Å². The van der Waals surface area contributed by atoms with Gasteiger partial charge in [-0.1, -0.05) is 36.8 Å². The van der Waals surface area contributed by atoms with Crippen LogP contribution in [0.5, 0.6) is 5.75 Å². The maximum atomic E-state index is 13.1. The number of carbonyl (C=O) groups is 1. The fourth-order valence-electron chi connectivity index (χ4n) is 2.91. The largest absolute Gasteiger partial charge is 0.407 e. The first kappa shape index (κ1) is 16.4. The second-order valence-corrected chi connectivity index (χ2v) is 5.74. The third kappa shape index (κ3) is 3.10. The summed E-state index contributed by atoms with van der Waals surface area (Å²) in [5.74, 6) is 0.284. The topological polar surface area (TPSA) is 43.4 Å². The highest BCUT2D eigenvalue weighted by Gasteiger charge is 2.22. The summed E-state index contributed by atoms with van der Waals surface area (Å²) in [5.41, 5.74) is 5.11. The van der Waals surface area contributed by atoms with Gasteiger partial charge in [0.15, 0.2) is 5.78 Å². The van der Waals surface area contributed by atoms with E-state index < -0.39 is 8.69 Å². The number of hydrogen-bond acceptors (Lipinski definition) is 3. The minimum Gasteiger partial charge on any atom is -0.407 e. The van der Waals surface area contributed by atoms with Gasteiger partial charge in [-0.3, -0.25) is 4.79 Å². The van der Waals surface area contributed by atoms with E-state index in [1.54, 1.807) is 6.07 Å². The van der Waals surface area contributed by atoms with Crippen molar-refractivity contribution in [3.05, 3.63) is 63.7 Å². The molecule has 0 amide bonds. The number of aryl methyl sites for hydroxylation is 4. The van der Waals surface area contributed by atoms with Crippen LogP contribution in [0.15, 0.2) is 30.3 Å². The molecule has 0 N–H and O–H groups in total. The molecule has 22 heavy (non-hydrogen) atoms. The molecule has 114 valence electrons. The summed E-state index contributed by atoms with van der Waals surface area (Å²) in [4.78, 5) is 13.1. The van der Waals surface area contributed by atoms with Crippen molar-refractivity contribution in [1.82, 2.24) is 0 Å². The molecule has 0 radical (unpaired) electrons. The minimum absolute atomic E-state index is 0.0777. The van der Waals surface area contributed by atoms with Gasteiger partial charge in [0.1, 0.15) is 5.75 Å². The molecule has 0 aliphatic rings. The van der Waals surface area contributed by atoms with Gasteiger partial charge >= 0.3 is 8.69 Å². The molecule has 4 heteroatoms. The Labute approximate surface area is 132 Å². The zero-order valence-electron chi connectivity index (χ0n) is 13.3. The van der Waals surface area contributed by atoms with Crippen LogP contribution in [-0.4, -0.2) is 5.78 Å². The van der Waals surface area contributed by atoms with Gasteiger partial charge in [0, 0.05) is 5.56 Å². The standard InChI is InChI=1S/C18H19O3P/c1-5-14-7-6-8-15(21-22-20)17(14)18(19)16-12(3)9-11(2)10-13(16)4/h6-10H,5H2,1-4H3. The van der Waals surface area contributed by atoms with Crippen LogP contribution >= 0.6 is 8.69 Å². The fraction of sp³-hybridized carbons (Fsp3) is 0.278. The molecular weight excluding hydrogens is 295 g/mol. The van der Waals surface area contributed by atoms with Crippen molar-refractivity contribution < 1.29 is 13.9 Å². The Morgan fingerprint density at radius 2 is 1.73 bits per heavy atom. The smallest absolute Gasteiger partial charge is 0.395 e. The molecular formula is C18H19O3P. The van der Waals surface area contributed by atoms with E-state index in [1.165, 1.54) is 0 Å². The van der Waals surface area contributed by atoms with Gasteiger partial charge in [-0.25, -0.2) is 4.57 Å². The number of ketones is 1. The van der Waals surface area contributed by atoms with E-state index in [0.717, 1.165) is 22.3 Å². The Hall–Kier alpha value is -1.99. The summed E-state index contributed by atoms with van der Waals surface area (Å²) < 4.78 is 15.9. The molecule has 0 heterocycles. The van der Waals surface area contributed by atoms with Crippen molar-refractivity contribution >= 4 is 14.5 Å². The summed E-state index contributed by atoms with van der Waals surface area (Å²) >= 11 is 0. The van der Waals surface area contributed by atoms with Gasteiger partial charge in [-0.2, -0.15) is 0 Å². The van der Waals surface area contributed by atoms with Crippen molar-refractivity contribution in [2.24, 2.45) is 0 Å². The van der Waals surface area contributed by atoms with E-state index in [9.17, 15) is 9.36 Å². The first-order chi connectivity index (χ1) is 10.5. The normalized spacial score (nSPS) is 10.7. The fourth-order valence-corrected chi connectivity index (χ4v) is 3.14. The lowest BCUT2D eigenvalue weighted by Crippen LogP contribution is -2.10. The van der Waals surface area contributed by atoms with Crippen molar-refractivity contribution in [1.29, 1.82) is 0 Å². The van der Waals surface area contributed by atoms with Gasteiger partial charge in [-0.15, -0.1) is 0 Å². The average molecular weight is 314 g/mol. The van der Waals surface area contributed by atoms with E-state index in [2.05, 4.69) is 0 Å². The molecule has 0 aliphatic carbocycles. The highest BCUT2D eigenvalue weighted by atomic mass is 31.1. The van der Waals surface area contributed by atoms with Crippen LogP contribution in [0.4, 0.5) is 0 Å². The summed E-state index contributed by atoms with van der Waals surface area (Å²) in [7, 11) is -0.460. The molecule has 0 saturated heterocycles. The first-order valence-electron chi connectivity index (χ1n) is 7.23. The van der Waals surface area contributed by atoms with Crippen LogP contribution in [0.25, 0.3) is 0 Å². The molecule has 2 rings (SSSR count). The van der Waals surface area contributed by atoms with Gasteiger partial charge in [0.25, 0.3) is 0 Å². The summed E-state index contributed by atoms with van der Waals surface area (Å²) in [6, 6.07) is 9.39. The molecule has 0 aromatic heterocycles. The van der Waals surface area contributed by atoms with Crippen molar-refractivity contribution in [2.75, 3.05) is 0 Å². The second kappa shape index (κ2) is 6.85. The second-order valence-electron chi connectivity index (χ2n) is 5.41. The maximum Gasteiger partial charge on any atom is 0.395 e. The van der Waals surface area contributed by atoms with Crippen LogP contribution in [0.1, 0.15) is 45.1 Å². The number of hydrogen-bond donors (Lipinski definition) is 0. The molecule has 0 atom stereocenters. The Morgan fingerprint density at radius 1 is 1.09 bits per heavy atom. The third-order valence-electron chi connectivity index (χ3n) is 3.76. The Balaban J connectivity index is 2.66. The number of rotatable bonds is 5. The SMILES string of the molecule is CCc1cccc(OP=O)c1C(=O)c1c(C)cc(C)cc1C. The van der Waals surface area contributed by atoms with Crippen LogP contribution in [-0.2, 0) is 11.0 Å².